The maximum absolute atomic E-state index is 6.65. The molecule has 0 N–H and O–H groups in total. The van der Waals surface area contributed by atoms with Crippen molar-refractivity contribution in [3.05, 3.63) is 158 Å². The Morgan fingerprint density at radius 2 is 0.683 bits per heavy atom. The third-order valence-corrected chi connectivity index (χ3v) is 10.6. The van der Waals surface area contributed by atoms with Gasteiger partial charge in [-0.25, -0.2) is 29.9 Å². The Kier molecular flexibility index (Phi) is 9.33. The highest BCUT2D eigenvalue weighted by molar-refractivity contribution is 6.68. The van der Waals surface area contributed by atoms with Crippen LogP contribution in [0.25, 0.3) is 95.8 Å². The van der Waals surface area contributed by atoms with Crippen LogP contribution in [-0.2, 0) is 0 Å². The molecule has 268 valence electrons. The average Bonchev–Trinajstić information content (AvgIpc) is 3.65. The zero-order valence-corrected chi connectivity index (χ0v) is 32.0. The fourth-order valence-electron chi connectivity index (χ4n) is 7.58. The first-order valence-corrected chi connectivity index (χ1v) is 19.2. The Morgan fingerprint density at radius 1 is 0.317 bits per heavy atom. The van der Waals surface area contributed by atoms with E-state index in [0.29, 0.717) is 40.2 Å². The molecule has 10 radical (unpaired) electrons. The van der Waals surface area contributed by atoms with Crippen LogP contribution in [-0.4, -0.2) is 73.7 Å². The van der Waals surface area contributed by atoms with Crippen LogP contribution in [0.1, 0.15) is 0 Å². The number of hydrogen-bond acceptors (Lipinski definition) is 6. The number of rotatable bonds is 7. The summed E-state index contributed by atoms with van der Waals surface area (Å²) in [7, 11) is 32.3. The molecule has 12 heteroatoms. The lowest BCUT2D eigenvalue weighted by Gasteiger charge is -2.21. The van der Waals surface area contributed by atoms with Gasteiger partial charge < -0.3 is 4.57 Å². The minimum atomic E-state index is 0.0890. The molecular weight excluding hydrogens is 729 g/mol. The van der Waals surface area contributed by atoms with Gasteiger partial charge in [0.05, 0.1) is 16.7 Å². The molecule has 0 aliphatic heterocycles. The van der Waals surface area contributed by atoms with Crippen molar-refractivity contribution in [2.24, 2.45) is 0 Å². The molecule has 0 atom stereocenters. The lowest BCUT2D eigenvalue weighted by Crippen LogP contribution is -2.55. The molecule has 60 heavy (non-hydrogen) atoms. The number of fused-ring (bicyclic) bond motifs is 3. The Bertz CT molecular complexity index is 3130. The summed E-state index contributed by atoms with van der Waals surface area (Å²) in [4.78, 5) is 30.2. The molecule has 0 aliphatic carbocycles. The first-order valence-electron chi connectivity index (χ1n) is 19.2. The van der Waals surface area contributed by atoms with Gasteiger partial charge in [0.25, 0.3) is 0 Å². The molecule has 10 rings (SSSR count). The van der Waals surface area contributed by atoms with Crippen LogP contribution in [0.2, 0.25) is 0 Å². The highest BCUT2D eigenvalue weighted by Gasteiger charge is 2.23. The van der Waals surface area contributed by atoms with Crippen LogP contribution < -0.4 is 27.3 Å². The van der Waals surface area contributed by atoms with Crippen molar-refractivity contribution in [3.63, 3.8) is 0 Å². The monoisotopic (exact) mass is 755 g/mol. The molecule has 3 aromatic heterocycles. The SMILES string of the molecule is [B]c1c([B])c([B])c(-c2nc(-c3ccccc3)nc(-c3cc(-c4nc(-c5ccccc5)nc(-c5ccccc5)n4)ccc3-n3c4ccccc4c4ccccc43)n2)c([B])c1[B]. The van der Waals surface area contributed by atoms with E-state index in [1.54, 1.807) is 0 Å². The fraction of sp³-hybridized carbons (Fsp3) is 0. The van der Waals surface area contributed by atoms with Crippen molar-refractivity contribution in [2.45, 2.75) is 0 Å². The molecule has 0 aliphatic rings. The van der Waals surface area contributed by atoms with Gasteiger partial charge in [0, 0.05) is 44.2 Å². The van der Waals surface area contributed by atoms with E-state index in [1.165, 1.54) is 0 Å². The average molecular weight is 755 g/mol. The maximum Gasteiger partial charge on any atom is 0.166 e. The van der Waals surface area contributed by atoms with E-state index in [0.717, 1.165) is 44.2 Å². The van der Waals surface area contributed by atoms with Crippen LogP contribution in [0.3, 0.4) is 0 Å². The largest absolute Gasteiger partial charge is 0.309 e. The first kappa shape index (κ1) is 37.0. The quantitative estimate of drug-likeness (QED) is 0.210. The summed E-state index contributed by atoms with van der Waals surface area (Å²) in [6.45, 7) is 0. The molecule has 0 amide bonds. The summed E-state index contributed by atoms with van der Waals surface area (Å²) in [5.41, 5.74) is 7.33. The number of para-hydroxylation sites is 2. The summed E-state index contributed by atoms with van der Waals surface area (Å²) < 4.78 is 2.22. The lowest BCUT2D eigenvalue weighted by atomic mass is 9.60. The molecule has 0 unspecified atom stereocenters. The fourth-order valence-corrected chi connectivity index (χ4v) is 7.58. The molecule has 10 aromatic rings. The van der Waals surface area contributed by atoms with Crippen LogP contribution in [0, 0.1) is 0 Å². The van der Waals surface area contributed by atoms with Crippen molar-refractivity contribution < 1.29 is 0 Å². The number of aromatic nitrogens is 7. The highest BCUT2D eigenvalue weighted by atomic mass is 15.1. The van der Waals surface area contributed by atoms with Gasteiger partial charge >= 0.3 is 0 Å². The molecule has 0 bridgehead atoms. The predicted molar refractivity (Wildman–Crippen MR) is 247 cm³/mol. The third kappa shape index (κ3) is 6.41. The van der Waals surface area contributed by atoms with E-state index in [1.807, 2.05) is 133 Å². The molecule has 0 spiro atoms. The van der Waals surface area contributed by atoms with Gasteiger partial charge in [-0.3, -0.25) is 0 Å². The van der Waals surface area contributed by atoms with Gasteiger partial charge in [-0.2, -0.15) is 0 Å². The van der Waals surface area contributed by atoms with Crippen LogP contribution in [0.4, 0.5) is 0 Å². The maximum atomic E-state index is 6.65. The second-order valence-corrected chi connectivity index (χ2v) is 14.3. The Balaban J connectivity index is 1.29. The normalized spacial score (nSPS) is 11.3. The van der Waals surface area contributed by atoms with Crippen LogP contribution in [0.15, 0.2) is 158 Å². The van der Waals surface area contributed by atoms with Crippen LogP contribution in [0.5, 0.6) is 0 Å². The number of benzene rings is 7. The second kappa shape index (κ2) is 15.1. The van der Waals surface area contributed by atoms with Crippen LogP contribution >= 0.6 is 0 Å². The van der Waals surface area contributed by atoms with Gasteiger partial charge in [0.2, 0.25) is 0 Å². The van der Waals surface area contributed by atoms with Crippen molar-refractivity contribution in [2.75, 3.05) is 0 Å². The smallest absolute Gasteiger partial charge is 0.166 e. The van der Waals surface area contributed by atoms with Crippen molar-refractivity contribution in [1.82, 2.24) is 34.5 Å². The van der Waals surface area contributed by atoms with Gasteiger partial charge in [-0.15, -0.1) is 16.4 Å². The summed E-state index contributed by atoms with van der Waals surface area (Å²) in [5, 5.41) is 2.19. The van der Waals surface area contributed by atoms with E-state index in [-0.39, 0.29) is 38.7 Å². The molecule has 3 heterocycles. The molecule has 7 nitrogen and oxygen atoms in total. The van der Waals surface area contributed by atoms with E-state index < -0.39 is 0 Å². The van der Waals surface area contributed by atoms with E-state index >= 15 is 0 Å². The summed E-state index contributed by atoms with van der Waals surface area (Å²) in [6, 6.07) is 52.0. The molecular formula is C48H26B5N7. The lowest BCUT2D eigenvalue weighted by molar-refractivity contribution is 1.06. The second-order valence-electron chi connectivity index (χ2n) is 14.3. The molecule has 0 saturated carbocycles. The van der Waals surface area contributed by atoms with Crippen molar-refractivity contribution >= 4 is 88.4 Å². The van der Waals surface area contributed by atoms with E-state index in [9.17, 15) is 0 Å². The van der Waals surface area contributed by atoms with Gasteiger partial charge in [-0.05, 0) is 30.3 Å². The highest BCUT2D eigenvalue weighted by Crippen LogP contribution is 2.38. The van der Waals surface area contributed by atoms with E-state index in [4.69, 9.17) is 69.1 Å². The van der Waals surface area contributed by atoms with Crippen molar-refractivity contribution in [1.29, 1.82) is 0 Å². The predicted octanol–water partition coefficient (Wildman–Crippen LogP) is 5.12. The minimum absolute atomic E-state index is 0.0890. The Labute approximate surface area is 353 Å². The van der Waals surface area contributed by atoms with Gasteiger partial charge in [0.15, 0.2) is 34.9 Å². The molecule has 7 aromatic carbocycles. The Hall–Kier alpha value is -7.32. The van der Waals surface area contributed by atoms with Gasteiger partial charge in [-0.1, -0.05) is 138 Å². The first-order chi connectivity index (χ1) is 29.3. The zero-order valence-electron chi connectivity index (χ0n) is 32.0. The standard InChI is InChI=1S/C48H26B5N7/c49-38-37(39(50)41(52)42(53)40(38)51)48-58-45(29-18-8-3-9-19-29)57-47(59-48)33-26-30(24-25-36(33)60-34-22-12-10-20-31(34)32-21-11-13-23-35(32)60)46-55-43(27-14-4-1-5-15-27)54-44(56-46)28-16-6-2-7-17-28/h1-26H. The molecule has 0 saturated heterocycles. The summed E-state index contributed by atoms with van der Waals surface area (Å²) >= 11 is 0. The Morgan fingerprint density at radius 3 is 1.17 bits per heavy atom. The number of nitrogens with zero attached hydrogens (tertiary/aromatic N) is 7. The minimum Gasteiger partial charge on any atom is -0.309 e. The third-order valence-electron chi connectivity index (χ3n) is 10.6. The molecule has 0 fully saturated rings. The topological polar surface area (TPSA) is 82.3 Å². The zero-order chi connectivity index (χ0) is 40.9. The van der Waals surface area contributed by atoms with Crippen molar-refractivity contribution in [3.8, 4) is 74.0 Å². The number of hydrogen-bond donors (Lipinski definition) is 0. The summed E-state index contributed by atoms with van der Waals surface area (Å²) in [6.07, 6.45) is 0. The van der Waals surface area contributed by atoms with E-state index in [2.05, 4.69) is 28.8 Å². The van der Waals surface area contributed by atoms with Gasteiger partial charge in [0.1, 0.15) is 39.2 Å². The summed E-state index contributed by atoms with van der Waals surface area (Å²) in [5.74, 6) is 2.40.